The molecular weight excluding hydrogens is 928 g/mol. The van der Waals surface area contributed by atoms with Crippen LogP contribution in [0.3, 0.4) is 0 Å². The molecule has 0 fully saturated rings. The van der Waals surface area contributed by atoms with E-state index in [4.69, 9.17) is 13.8 Å². The first-order chi connectivity index (χ1) is 35.4. The molecule has 3 atom stereocenters. The van der Waals surface area contributed by atoms with Gasteiger partial charge < -0.3 is 19.4 Å². The van der Waals surface area contributed by atoms with Crippen molar-refractivity contribution in [2.75, 3.05) is 40.9 Å². The van der Waals surface area contributed by atoms with Gasteiger partial charge in [-0.05, 0) is 96.0 Å². The molecule has 0 radical (unpaired) electrons. The van der Waals surface area contributed by atoms with E-state index in [1.165, 1.54) is 135 Å². The minimum absolute atomic E-state index is 0.0280. The Morgan fingerprint density at radius 3 is 1.36 bits per heavy atom. The van der Waals surface area contributed by atoms with Gasteiger partial charge in [-0.15, -0.1) is 0 Å². The number of phosphoric acid groups is 1. The van der Waals surface area contributed by atoms with Crippen LogP contribution in [0.2, 0.25) is 0 Å². The number of esters is 1. The van der Waals surface area contributed by atoms with E-state index in [2.05, 4.69) is 99.0 Å². The van der Waals surface area contributed by atoms with Crippen LogP contribution in [0.25, 0.3) is 0 Å². The largest absolute Gasteiger partial charge is 0.472 e. The Morgan fingerprint density at radius 2 is 0.890 bits per heavy atom. The fourth-order valence-electron chi connectivity index (χ4n) is 8.21. The summed E-state index contributed by atoms with van der Waals surface area (Å²) in [4.78, 5) is 37.6. The quantitative estimate of drug-likeness (QED) is 0.0205. The number of rotatable bonds is 53. The number of ether oxygens (including phenoxy) is 1. The number of nitrogens with zero attached hydrogens (tertiary/aromatic N) is 1. The number of nitrogens with one attached hydrogen (secondary N) is 1. The van der Waals surface area contributed by atoms with Gasteiger partial charge in [0.05, 0.1) is 33.8 Å². The highest BCUT2D eigenvalue weighted by Gasteiger charge is 2.30. The van der Waals surface area contributed by atoms with Crippen molar-refractivity contribution in [2.45, 2.75) is 264 Å². The third-order valence-electron chi connectivity index (χ3n) is 12.8. The van der Waals surface area contributed by atoms with Crippen molar-refractivity contribution in [3.05, 3.63) is 85.1 Å². The molecule has 2 N–H and O–H groups in total. The Labute approximate surface area is 450 Å². The predicted octanol–water partition coefficient (Wildman–Crippen LogP) is 18.2. The Bertz CT molecular complexity index is 1530. The Kier molecular flexibility index (Phi) is 50.6. The number of amides is 1. The molecule has 0 aromatic rings. The van der Waals surface area contributed by atoms with Crippen molar-refractivity contribution in [1.29, 1.82) is 0 Å². The highest BCUT2D eigenvalue weighted by atomic mass is 31.2. The summed E-state index contributed by atoms with van der Waals surface area (Å²) in [5, 5.41) is 3.03. The summed E-state index contributed by atoms with van der Waals surface area (Å²) in [6, 6.07) is -0.875. The highest BCUT2D eigenvalue weighted by molar-refractivity contribution is 7.47. The van der Waals surface area contributed by atoms with Crippen LogP contribution in [0.5, 0.6) is 0 Å². The van der Waals surface area contributed by atoms with Crippen LogP contribution in [0.15, 0.2) is 85.1 Å². The molecule has 9 nitrogen and oxygen atoms in total. The number of likely N-dealkylation sites (N-methyl/N-ethyl adjacent to an activating group) is 1. The SMILES string of the molecule is CC/C=C\C/C=C\C/C=C\C/C=C\C/C=C\CCCC(=O)OC(/C=C/CCCCCCCCCCC)C(COP(=O)(O)OCC[N+](C)(C)C)NC(=O)CCCCCCCCCCC/C=C/CCCCCCCC. The average Bonchev–Trinajstić information content (AvgIpc) is 3.35. The normalized spacial score (nSPS) is 14.3. The fraction of sp³-hybridized carbons (Fsp3) is 0.746. The van der Waals surface area contributed by atoms with Crippen LogP contribution in [-0.4, -0.2) is 74.3 Å². The maximum absolute atomic E-state index is 13.5. The summed E-state index contributed by atoms with van der Waals surface area (Å²) < 4.78 is 30.6. The zero-order valence-corrected chi connectivity index (χ0v) is 49.0. The van der Waals surface area contributed by atoms with Gasteiger partial charge in [0.1, 0.15) is 19.3 Å². The second-order valence-electron chi connectivity index (χ2n) is 21.1. The Hall–Kier alpha value is -2.81. The molecule has 0 aliphatic carbocycles. The molecule has 0 aromatic heterocycles. The van der Waals surface area contributed by atoms with E-state index in [1.54, 1.807) is 0 Å². The van der Waals surface area contributed by atoms with Gasteiger partial charge in [0.2, 0.25) is 5.91 Å². The van der Waals surface area contributed by atoms with Crippen LogP contribution in [0.4, 0.5) is 0 Å². The lowest BCUT2D eigenvalue weighted by Gasteiger charge is -2.27. The molecule has 1 amide bonds. The molecule has 0 spiro atoms. The number of allylic oxidation sites excluding steroid dienone is 13. The van der Waals surface area contributed by atoms with Crippen molar-refractivity contribution < 1.29 is 37.3 Å². The molecule has 422 valence electrons. The zero-order valence-electron chi connectivity index (χ0n) is 48.1. The minimum Gasteiger partial charge on any atom is -0.456 e. The first-order valence-electron chi connectivity index (χ1n) is 29.9. The van der Waals surface area contributed by atoms with Crippen LogP contribution >= 0.6 is 7.82 Å². The summed E-state index contributed by atoms with van der Waals surface area (Å²) in [5.74, 6) is -0.577. The molecule has 10 heteroatoms. The van der Waals surface area contributed by atoms with Crippen molar-refractivity contribution >= 4 is 19.7 Å². The number of hydrogen-bond acceptors (Lipinski definition) is 6. The molecule has 0 rings (SSSR count). The van der Waals surface area contributed by atoms with E-state index in [0.717, 1.165) is 77.0 Å². The maximum Gasteiger partial charge on any atom is 0.472 e. The summed E-state index contributed by atoms with van der Waals surface area (Å²) in [7, 11) is 1.46. The van der Waals surface area contributed by atoms with E-state index in [9.17, 15) is 19.0 Å². The summed E-state index contributed by atoms with van der Waals surface area (Å²) in [5.41, 5.74) is 0. The number of phosphoric ester groups is 1. The van der Waals surface area contributed by atoms with Crippen molar-refractivity contribution in [1.82, 2.24) is 5.32 Å². The van der Waals surface area contributed by atoms with Crippen LogP contribution in [0.1, 0.15) is 252 Å². The monoisotopic (exact) mass is 1040 g/mol. The van der Waals surface area contributed by atoms with Crippen molar-refractivity contribution in [2.24, 2.45) is 0 Å². The van der Waals surface area contributed by atoms with Crippen molar-refractivity contribution in [3.8, 4) is 0 Å². The van der Waals surface area contributed by atoms with Crippen LogP contribution in [-0.2, 0) is 27.9 Å². The average molecular weight is 1040 g/mol. The van der Waals surface area contributed by atoms with Crippen molar-refractivity contribution in [3.63, 3.8) is 0 Å². The van der Waals surface area contributed by atoms with E-state index in [1.807, 2.05) is 33.3 Å². The molecule has 0 heterocycles. The van der Waals surface area contributed by atoms with Gasteiger partial charge in [-0.3, -0.25) is 18.6 Å². The van der Waals surface area contributed by atoms with Gasteiger partial charge in [-0.25, -0.2) is 4.57 Å². The minimum atomic E-state index is -4.46. The second kappa shape index (κ2) is 52.6. The Balaban J connectivity index is 5.34. The lowest BCUT2D eigenvalue weighted by Crippen LogP contribution is -2.47. The number of carbonyl (C=O) groups is 2. The number of quaternary nitrogens is 1. The summed E-state index contributed by atoms with van der Waals surface area (Å²) in [6.45, 7) is 6.85. The topological polar surface area (TPSA) is 111 Å². The van der Waals surface area contributed by atoms with Crippen LogP contribution < -0.4 is 5.32 Å². The molecule has 73 heavy (non-hydrogen) atoms. The first kappa shape index (κ1) is 70.2. The molecule has 0 aromatic carbocycles. The van der Waals surface area contributed by atoms with E-state index in [0.29, 0.717) is 23.9 Å². The van der Waals surface area contributed by atoms with Gasteiger partial charge in [0.15, 0.2) is 0 Å². The van der Waals surface area contributed by atoms with E-state index >= 15 is 0 Å². The van der Waals surface area contributed by atoms with Gasteiger partial charge in [-0.2, -0.15) is 0 Å². The van der Waals surface area contributed by atoms with Gasteiger partial charge >= 0.3 is 13.8 Å². The number of carbonyl (C=O) groups excluding carboxylic acids is 2. The molecular formula is C63H114N2O7P+. The number of hydrogen-bond donors (Lipinski definition) is 2. The molecule has 3 unspecified atom stereocenters. The summed E-state index contributed by atoms with van der Waals surface area (Å²) in [6.07, 6.45) is 68.7. The zero-order chi connectivity index (χ0) is 53.6. The summed E-state index contributed by atoms with van der Waals surface area (Å²) >= 11 is 0. The smallest absolute Gasteiger partial charge is 0.456 e. The van der Waals surface area contributed by atoms with E-state index < -0.39 is 20.0 Å². The highest BCUT2D eigenvalue weighted by Crippen LogP contribution is 2.43. The van der Waals surface area contributed by atoms with Gasteiger partial charge in [-0.1, -0.05) is 228 Å². The second-order valence-corrected chi connectivity index (χ2v) is 22.6. The molecule has 0 aliphatic rings. The fourth-order valence-corrected chi connectivity index (χ4v) is 8.94. The van der Waals surface area contributed by atoms with Gasteiger partial charge in [0, 0.05) is 12.8 Å². The third-order valence-corrected chi connectivity index (χ3v) is 13.8. The lowest BCUT2D eigenvalue weighted by molar-refractivity contribution is -0.870. The van der Waals surface area contributed by atoms with Crippen LogP contribution in [0, 0.1) is 0 Å². The Morgan fingerprint density at radius 1 is 0.493 bits per heavy atom. The molecule has 0 aliphatic heterocycles. The lowest BCUT2D eigenvalue weighted by atomic mass is 10.0. The predicted molar refractivity (Wildman–Crippen MR) is 314 cm³/mol. The number of unbranched alkanes of at least 4 members (excludes halogenated alkanes) is 25. The first-order valence-corrected chi connectivity index (χ1v) is 31.4. The standard InChI is InChI=1S/C63H113N2O7P/c1-7-10-13-16-19-22-25-27-29-31-32-34-35-37-40-43-46-49-52-55-62(66)64-60(59-71-73(68,69)70-58-57-65(4,5)6)61(54-51-48-45-42-39-24-21-18-15-12-9-3)72-63(67)56-53-50-47-44-41-38-36-33-30-28-26-23-20-17-14-11-8-2/h11,14,20,23,27-30,36,38,44,47,51,54,60-61H,7-10,12-13,15-19,21-22,24-26,31-35,37,39-43,45-46,48-50,52-53,55-59H2,1-6H3,(H-,64,66,68,69)/p+1/b14-11-,23-20-,29-27+,30-28-,38-36-,47-44-,54-51+. The molecule has 0 bridgehead atoms. The van der Waals surface area contributed by atoms with E-state index in [-0.39, 0.29) is 31.5 Å². The third kappa shape index (κ3) is 53.8. The van der Waals surface area contributed by atoms with Gasteiger partial charge in [0.25, 0.3) is 0 Å². The molecule has 0 saturated heterocycles. The maximum atomic E-state index is 13.5. The molecule has 0 saturated carbocycles.